The maximum absolute atomic E-state index is 14.1. The summed E-state index contributed by atoms with van der Waals surface area (Å²) >= 11 is 0. The summed E-state index contributed by atoms with van der Waals surface area (Å²) in [6.45, 7) is 7.80. The van der Waals surface area contributed by atoms with Gasteiger partial charge in [0.1, 0.15) is 23.3 Å². The quantitative estimate of drug-likeness (QED) is 0.122. The Labute approximate surface area is 328 Å². The molecule has 0 bridgehead atoms. The van der Waals surface area contributed by atoms with Crippen LogP contribution in [0.4, 0.5) is 17.6 Å². The Kier molecular flexibility index (Phi) is 13.6. The lowest BCUT2D eigenvalue weighted by Gasteiger charge is -2.39. The number of benzene rings is 4. The van der Waals surface area contributed by atoms with Crippen LogP contribution in [0.25, 0.3) is 0 Å². The zero-order valence-electron chi connectivity index (χ0n) is 32.3. The van der Waals surface area contributed by atoms with E-state index in [0.29, 0.717) is 36.8 Å². The monoisotopic (exact) mass is 816 g/mol. The van der Waals surface area contributed by atoms with Gasteiger partial charge in [-0.2, -0.15) is 0 Å². The highest BCUT2D eigenvalue weighted by atomic mass is 32.2. The van der Waals surface area contributed by atoms with Gasteiger partial charge in [0.25, 0.3) is 0 Å². The van der Waals surface area contributed by atoms with Crippen LogP contribution >= 0.6 is 0 Å². The Balaban J connectivity index is 0.000000214. The number of sulfone groups is 2. The van der Waals surface area contributed by atoms with Gasteiger partial charge in [-0.15, -0.1) is 0 Å². The third kappa shape index (κ3) is 8.78. The van der Waals surface area contributed by atoms with Crippen molar-refractivity contribution in [1.29, 1.82) is 0 Å². The van der Waals surface area contributed by atoms with Crippen molar-refractivity contribution in [2.24, 2.45) is 10.8 Å². The molecule has 6 rings (SSSR count). The third-order valence-corrected chi connectivity index (χ3v) is 16.0. The number of fused-ring (bicyclic) bond motifs is 2. The lowest BCUT2D eigenvalue weighted by molar-refractivity contribution is 0.0173. The lowest BCUT2D eigenvalue weighted by atomic mass is 9.69. The van der Waals surface area contributed by atoms with Gasteiger partial charge in [-0.3, -0.25) is 0 Å². The topological polar surface area (TPSA) is 109 Å². The molecule has 0 aliphatic carbocycles. The maximum Gasteiger partial charge on any atom is 0.179 e. The van der Waals surface area contributed by atoms with E-state index >= 15 is 0 Å². The predicted molar refractivity (Wildman–Crippen MR) is 210 cm³/mol. The molecule has 2 N–H and O–H groups in total. The van der Waals surface area contributed by atoms with Crippen LogP contribution in [0.3, 0.4) is 0 Å². The zero-order valence-corrected chi connectivity index (χ0v) is 34.0. The van der Waals surface area contributed by atoms with E-state index in [1.165, 1.54) is 72.8 Å². The van der Waals surface area contributed by atoms with Gasteiger partial charge >= 0.3 is 0 Å². The van der Waals surface area contributed by atoms with Gasteiger partial charge in [0.05, 0.1) is 33.5 Å². The summed E-state index contributed by atoms with van der Waals surface area (Å²) in [5.41, 5.74) is -0.0801. The molecule has 0 amide bonds. The number of hydrogen-bond donors (Lipinski definition) is 2. The van der Waals surface area contributed by atoms with Crippen LogP contribution in [-0.2, 0) is 19.7 Å². The van der Waals surface area contributed by atoms with Gasteiger partial charge in [0.15, 0.2) is 19.7 Å². The second-order valence-corrected chi connectivity index (χ2v) is 19.4. The maximum atomic E-state index is 14.1. The molecule has 6 atom stereocenters. The fourth-order valence-electron chi connectivity index (χ4n) is 8.76. The number of rotatable bonds is 10. The minimum Gasteiger partial charge on any atom is -0.392 e. The first-order valence-electron chi connectivity index (χ1n) is 19.4. The highest BCUT2D eigenvalue weighted by molar-refractivity contribution is 7.91. The number of unbranched alkanes of at least 4 members (excludes halogenated alkanes) is 2. The summed E-state index contributed by atoms with van der Waals surface area (Å²) < 4.78 is 108. The summed E-state index contributed by atoms with van der Waals surface area (Å²) in [4.78, 5) is 0.100. The van der Waals surface area contributed by atoms with E-state index in [9.17, 15) is 44.6 Å². The van der Waals surface area contributed by atoms with Crippen molar-refractivity contribution < 1.29 is 44.6 Å². The normalized spacial score (nSPS) is 26.5. The van der Waals surface area contributed by atoms with Crippen LogP contribution in [0.1, 0.15) is 113 Å². The third-order valence-electron chi connectivity index (χ3n) is 12.0. The minimum atomic E-state index is -3.73. The van der Waals surface area contributed by atoms with Crippen molar-refractivity contribution in [3.05, 3.63) is 130 Å². The van der Waals surface area contributed by atoms with Crippen molar-refractivity contribution in [1.82, 2.24) is 0 Å². The van der Waals surface area contributed by atoms with Gasteiger partial charge < -0.3 is 10.2 Å². The van der Waals surface area contributed by atoms with Crippen molar-refractivity contribution in [2.45, 2.75) is 113 Å². The fraction of sp³-hybridized carbons (Fsp3) is 0.455. The second-order valence-electron chi connectivity index (χ2n) is 15.5. The van der Waals surface area contributed by atoms with Crippen LogP contribution < -0.4 is 0 Å². The average molecular weight is 817 g/mol. The molecule has 0 saturated carbocycles. The van der Waals surface area contributed by atoms with E-state index in [-0.39, 0.29) is 32.4 Å². The molecule has 0 aromatic heterocycles. The SMILES string of the molecule is CCCC[C@]1(CC)CS(=O)(=O)c2ccc(F)cc2[C@@H](c2ccc(F)cc2)[C@H]1O.CCCC[C@]1(CC)CS(=O)(=O)c2ccc(F)cc2[C@H](c2ccc(F)cc2)[C@@H]1O. The number of hydrogen-bond acceptors (Lipinski definition) is 6. The van der Waals surface area contributed by atoms with E-state index < -0.39 is 77.8 Å². The summed E-state index contributed by atoms with van der Waals surface area (Å²) in [7, 11) is -7.46. The Morgan fingerprint density at radius 2 is 0.857 bits per heavy atom. The Morgan fingerprint density at radius 1 is 0.536 bits per heavy atom. The van der Waals surface area contributed by atoms with E-state index in [4.69, 9.17) is 0 Å². The molecule has 56 heavy (non-hydrogen) atoms. The summed E-state index contributed by atoms with van der Waals surface area (Å²) in [5.74, 6) is -3.85. The van der Waals surface area contributed by atoms with Crippen LogP contribution in [0.5, 0.6) is 0 Å². The standard InChI is InChI=1S/2C22H26F2O3S/c2*1-3-5-12-22(4-2)14-28(26,27)19-11-10-17(24)13-18(19)20(21(22)25)15-6-8-16(23)9-7-15/h2*6-11,13,20-21,25H,3-5,12,14H2,1-2H3/t20-,21-,22+;20-,21-,22-/m01/s1. The molecule has 0 saturated heterocycles. The Morgan fingerprint density at radius 3 is 1.16 bits per heavy atom. The van der Waals surface area contributed by atoms with Crippen LogP contribution in [0, 0.1) is 34.1 Å². The summed E-state index contributed by atoms with van der Waals surface area (Å²) in [6.07, 6.45) is 3.28. The van der Waals surface area contributed by atoms with E-state index in [1.54, 1.807) is 0 Å². The van der Waals surface area contributed by atoms with E-state index in [0.717, 1.165) is 37.8 Å². The smallest absolute Gasteiger partial charge is 0.179 e. The van der Waals surface area contributed by atoms with Crippen molar-refractivity contribution in [3.8, 4) is 0 Å². The molecule has 0 fully saturated rings. The molecule has 0 spiro atoms. The average Bonchev–Trinajstić information content (AvgIpc) is 3.28. The van der Waals surface area contributed by atoms with Gasteiger partial charge in [0.2, 0.25) is 0 Å². The molecule has 4 aromatic carbocycles. The highest BCUT2D eigenvalue weighted by Gasteiger charge is 2.50. The highest BCUT2D eigenvalue weighted by Crippen LogP contribution is 2.50. The minimum absolute atomic E-state index is 0.0501. The van der Waals surface area contributed by atoms with Crippen LogP contribution in [0.2, 0.25) is 0 Å². The molecule has 304 valence electrons. The molecule has 12 heteroatoms. The molecule has 6 nitrogen and oxygen atoms in total. The first-order chi connectivity index (χ1) is 26.5. The lowest BCUT2D eigenvalue weighted by Crippen LogP contribution is -2.42. The molecular formula is C44H52F4O6S2. The second kappa shape index (κ2) is 17.5. The molecule has 4 aromatic rings. The number of halogens is 4. The predicted octanol–water partition coefficient (Wildman–Crippen LogP) is 9.66. The van der Waals surface area contributed by atoms with E-state index in [2.05, 4.69) is 0 Å². The van der Waals surface area contributed by atoms with E-state index in [1.807, 2.05) is 27.7 Å². The largest absolute Gasteiger partial charge is 0.392 e. The van der Waals surface area contributed by atoms with Crippen LogP contribution in [-0.4, -0.2) is 50.8 Å². The zero-order chi connectivity index (χ0) is 41.1. The van der Waals surface area contributed by atoms with Crippen molar-refractivity contribution >= 4 is 19.7 Å². The summed E-state index contributed by atoms with van der Waals surface area (Å²) in [6, 6.07) is 18.5. The molecule has 0 unspecified atom stereocenters. The number of aliphatic hydroxyl groups excluding tert-OH is 2. The number of aliphatic hydroxyl groups is 2. The van der Waals surface area contributed by atoms with Gasteiger partial charge in [0, 0.05) is 22.7 Å². The van der Waals surface area contributed by atoms with Gasteiger partial charge in [-0.1, -0.05) is 77.6 Å². The molecule has 2 heterocycles. The van der Waals surface area contributed by atoms with Gasteiger partial charge in [-0.25, -0.2) is 34.4 Å². The van der Waals surface area contributed by atoms with Gasteiger partial charge in [-0.05, 0) is 109 Å². The van der Waals surface area contributed by atoms with Crippen molar-refractivity contribution in [2.75, 3.05) is 11.5 Å². The summed E-state index contributed by atoms with van der Waals surface area (Å²) in [5, 5.41) is 23.0. The Bertz CT molecular complexity index is 2040. The molecule has 2 aliphatic heterocycles. The van der Waals surface area contributed by atoms with Crippen molar-refractivity contribution in [3.63, 3.8) is 0 Å². The molecular weight excluding hydrogens is 765 g/mol. The molecule has 2 aliphatic rings. The Hall–Kier alpha value is -3.58. The first kappa shape index (κ1) is 43.5. The molecule has 0 radical (unpaired) electrons. The van der Waals surface area contributed by atoms with Crippen LogP contribution in [0.15, 0.2) is 94.7 Å². The fourth-order valence-corrected chi connectivity index (χ4v) is 13.3. The first-order valence-corrected chi connectivity index (χ1v) is 22.7.